The van der Waals surface area contributed by atoms with Crippen molar-refractivity contribution >= 4 is 0 Å². The van der Waals surface area contributed by atoms with Crippen LogP contribution in [-0.4, -0.2) is 10.1 Å². The van der Waals surface area contributed by atoms with Gasteiger partial charge in [0.2, 0.25) is 11.7 Å². The summed E-state index contributed by atoms with van der Waals surface area (Å²) in [4.78, 5) is 4.21. The largest absolute Gasteiger partial charge is 0.485 e. The van der Waals surface area contributed by atoms with Crippen LogP contribution in [-0.2, 0) is 19.4 Å². The van der Waals surface area contributed by atoms with E-state index >= 15 is 0 Å². The molecule has 1 aliphatic rings. The number of hydrogen-bond donors (Lipinski definition) is 1. The number of fused-ring (bicyclic) bond motifs is 1. The molecule has 0 saturated carbocycles. The third-order valence-corrected chi connectivity index (χ3v) is 3.42. The van der Waals surface area contributed by atoms with E-state index in [9.17, 15) is 0 Å². The molecule has 0 saturated heterocycles. The Kier molecular flexibility index (Phi) is 3.21. The number of rotatable bonds is 4. The van der Waals surface area contributed by atoms with Gasteiger partial charge in [0.05, 0.1) is 0 Å². The molecule has 0 spiro atoms. The van der Waals surface area contributed by atoms with Gasteiger partial charge in [-0.25, -0.2) is 0 Å². The van der Waals surface area contributed by atoms with E-state index in [1.807, 2.05) is 13.0 Å². The number of benzene rings is 1. The van der Waals surface area contributed by atoms with Gasteiger partial charge in [0.1, 0.15) is 5.75 Å². The molecule has 2 N–H and O–H groups in total. The molecule has 1 aliphatic carbocycles. The summed E-state index contributed by atoms with van der Waals surface area (Å²) in [6.45, 7) is 2.30. The number of aromatic nitrogens is 2. The molecular formula is C14H17N3O2. The minimum Gasteiger partial charge on any atom is -0.485 e. The molecule has 3 rings (SSSR count). The van der Waals surface area contributed by atoms with E-state index in [1.54, 1.807) is 0 Å². The Labute approximate surface area is 111 Å². The van der Waals surface area contributed by atoms with Gasteiger partial charge in [0.25, 0.3) is 0 Å². The first kappa shape index (κ1) is 12.2. The maximum absolute atomic E-state index is 6.01. The SMILES string of the molecule is CCc1nc(COc2ccc3c(c2)CC[C@@H]3N)no1. The molecule has 0 fully saturated rings. The maximum Gasteiger partial charge on any atom is 0.226 e. The van der Waals surface area contributed by atoms with E-state index in [1.165, 1.54) is 11.1 Å². The van der Waals surface area contributed by atoms with Crippen LogP contribution in [0.4, 0.5) is 0 Å². The summed E-state index contributed by atoms with van der Waals surface area (Å²) < 4.78 is 10.7. The summed E-state index contributed by atoms with van der Waals surface area (Å²) in [5.41, 5.74) is 8.53. The van der Waals surface area contributed by atoms with Gasteiger partial charge >= 0.3 is 0 Å². The van der Waals surface area contributed by atoms with Gasteiger partial charge in [0, 0.05) is 12.5 Å². The van der Waals surface area contributed by atoms with E-state index in [2.05, 4.69) is 22.3 Å². The first-order valence-corrected chi connectivity index (χ1v) is 6.59. The Morgan fingerprint density at radius 1 is 1.47 bits per heavy atom. The van der Waals surface area contributed by atoms with Gasteiger partial charge in [0.15, 0.2) is 6.61 Å². The molecule has 5 nitrogen and oxygen atoms in total. The van der Waals surface area contributed by atoms with Crippen molar-refractivity contribution in [1.29, 1.82) is 0 Å². The Bertz CT molecular complexity index is 580. The van der Waals surface area contributed by atoms with Crippen LogP contribution in [0.5, 0.6) is 5.75 Å². The number of aryl methyl sites for hydroxylation is 2. The van der Waals surface area contributed by atoms with Crippen molar-refractivity contribution in [1.82, 2.24) is 10.1 Å². The predicted molar refractivity (Wildman–Crippen MR) is 69.7 cm³/mol. The van der Waals surface area contributed by atoms with Crippen LogP contribution in [0.2, 0.25) is 0 Å². The first-order chi connectivity index (χ1) is 9.26. The molecule has 0 radical (unpaired) electrons. The highest BCUT2D eigenvalue weighted by atomic mass is 16.5. The summed E-state index contributed by atoms with van der Waals surface area (Å²) in [6, 6.07) is 6.23. The van der Waals surface area contributed by atoms with Crippen molar-refractivity contribution in [2.45, 2.75) is 38.8 Å². The summed E-state index contributed by atoms with van der Waals surface area (Å²) in [7, 11) is 0. The zero-order valence-electron chi connectivity index (χ0n) is 10.9. The summed E-state index contributed by atoms with van der Waals surface area (Å²) >= 11 is 0. The molecule has 100 valence electrons. The fourth-order valence-corrected chi connectivity index (χ4v) is 2.36. The van der Waals surface area contributed by atoms with Crippen molar-refractivity contribution < 1.29 is 9.26 Å². The van der Waals surface area contributed by atoms with Crippen LogP contribution in [0.3, 0.4) is 0 Å². The number of nitrogens with zero attached hydrogens (tertiary/aromatic N) is 2. The monoisotopic (exact) mass is 259 g/mol. The van der Waals surface area contributed by atoms with Crippen LogP contribution in [0.1, 0.15) is 42.2 Å². The molecular weight excluding hydrogens is 242 g/mol. The van der Waals surface area contributed by atoms with E-state index in [-0.39, 0.29) is 6.04 Å². The lowest BCUT2D eigenvalue weighted by Crippen LogP contribution is -2.05. The van der Waals surface area contributed by atoms with Crippen LogP contribution in [0.15, 0.2) is 22.7 Å². The predicted octanol–water partition coefficient (Wildman–Crippen LogP) is 2.16. The van der Waals surface area contributed by atoms with Crippen LogP contribution in [0, 0.1) is 0 Å². The van der Waals surface area contributed by atoms with Crippen molar-refractivity contribution in [3.63, 3.8) is 0 Å². The van der Waals surface area contributed by atoms with Gasteiger partial charge in [-0.2, -0.15) is 4.98 Å². The molecule has 1 atom stereocenters. The third-order valence-electron chi connectivity index (χ3n) is 3.42. The molecule has 1 heterocycles. The standard InChI is InChI=1S/C14H17N3O2/c1-2-14-16-13(17-19-14)8-18-10-4-5-11-9(7-10)3-6-12(11)15/h4-5,7,12H,2-3,6,8,15H2,1H3/t12-/m0/s1. The summed E-state index contributed by atoms with van der Waals surface area (Å²) in [5.74, 6) is 2.04. The third kappa shape index (κ3) is 2.46. The van der Waals surface area contributed by atoms with Crippen molar-refractivity contribution in [3.05, 3.63) is 41.0 Å². The lowest BCUT2D eigenvalue weighted by atomic mass is 10.1. The molecule has 2 aromatic rings. The highest BCUT2D eigenvalue weighted by Gasteiger charge is 2.19. The zero-order valence-corrected chi connectivity index (χ0v) is 10.9. The number of nitrogens with two attached hydrogens (primary N) is 1. The van der Waals surface area contributed by atoms with Crippen LogP contribution >= 0.6 is 0 Å². The molecule has 0 unspecified atom stereocenters. The normalized spacial score (nSPS) is 17.5. The molecule has 5 heteroatoms. The quantitative estimate of drug-likeness (QED) is 0.910. The smallest absolute Gasteiger partial charge is 0.226 e. The Morgan fingerprint density at radius 3 is 3.16 bits per heavy atom. The van der Waals surface area contributed by atoms with Gasteiger partial charge in [-0.1, -0.05) is 18.1 Å². The van der Waals surface area contributed by atoms with E-state index < -0.39 is 0 Å². The Balaban J connectivity index is 1.67. The lowest BCUT2D eigenvalue weighted by Gasteiger charge is -2.07. The molecule has 0 aliphatic heterocycles. The minimum atomic E-state index is 0.174. The van der Waals surface area contributed by atoms with E-state index in [0.717, 1.165) is 25.0 Å². The average molecular weight is 259 g/mol. The highest BCUT2D eigenvalue weighted by molar-refractivity contribution is 5.40. The van der Waals surface area contributed by atoms with E-state index in [0.29, 0.717) is 18.3 Å². The zero-order chi connectivity index (χ0) is 13.2. The fourth-order valence-electron chi connectivity index (χ4n) is 2.36. The maximum atomic E-state index is 6.01. The minimum absolute atomic E-state index is 0.174. The van der Waals surface area contributed by atoms with Gasteiger partial charge in [-0.05, 0) is 36.1 Å². The summed E-state index contributed by atoms with van der Waals surface area (Å²) in [6.07, 6.45) is 2.78. The van der Waals surface area contributed by atoms with Gasteiger partial charge < -0.3 is 15.0 Å². The second-order valence-electron chi connectivity index (χ2n) is 4.75. The van der Waals surface area contributed by atoms with E-state index in [4.69, 9.17) is 15.0 Å². The second-order valence-corrected chi connectivity index (χ2v) is 4.75. The Hall–Kier alpha value is -1.88. The second kappa shape index (κ2) is 5.01. The van der Waals surface area contributed by atoms with Crippen LogP contribution in [0.25, 0.3) is 0 Å². The van der Waals surface area contributed by atoms with Crippen molar-refractivity contribution in [2.24, 2.45) is 5.73 Å². The molecule has 1 aromatic heterocycles. The van der Waals surface area contributed by atoms with Crippen molar-refractivity contribution in [3.8, 4) is 5.75 Å². The number of ether oxygens (including phenoxy) is 1. The molecule has 0 amide bonds. The number of hydrogen-bond acceptors (Lipinski definition) is 5. The van der Waals surface area contributed by atoms with Gasteiger partial charge in [-0.15, -0.1) is 0 Å². The Morgan fingerprint density at radius 2 is 2.37 bits per heavy atom. The first-order valence-electron chi connectivity index (χ1n) is 6.59. The molecule has 19 heavy (non-hydrogen) atoms. The topological polar surface area (TPSA) is 74.2 Å². The summed E-state index contributed by atoms with van der Waals surface area (Å²) in [5, 5.41) is 3.86. The average Bonchev–Trinajstić information content (AvgIpc) is 3.03. The van der Waals surface area contributed by atoms with Gasteiger partial charge in [-0.3, -0.25) is 0 Å². The lowest BCUT2D eigenvalue weighted by molar-refractivity contribution is 0.285. The van der Waals surface area contributed by atoms with Crippen molar-refractivity contribution in [2.75, 3.05) is 0 Å². The molecule has 1 aromatic carbocycles. The molecule has 0 bridgehead atoms. The highest BCUT2D eigenvalue weighted by Crippen LogP contribution is 2.31. The fraction of sp³-hybridized carbons (Fsp3) is 0.429. The van der Waals surface area contributed by atoms with Crippen LogP contribution < -0.4 is 10.5 Å².